The summed E-state index contributed by atoms with van der Waals surface area (Å²) in [4.78, 5) is 0. The Bertz CT molecular complexity index is 1180. The Kier molecular flexibility index (Phi) is 5.10. The molecular formula is C22H17F3INO2. The highest BCUT2D eigenvalue weighted by atomic mass is 127. The maximum atomic E-state index is 12.8. The molecule has 1 aromatic heterocycles. The summed E-state index contributed by atoms with van der Waals surface area (Å²) >= 11 is 1.97. The molecule has 3 aromatic carbocycles. The van der Waals surface area contributed by atoms with Gasteiger partial charge in [0.15, 0.2) is 11.3 Å². The van der Waals surface area contributed by atoms with E-state index < -0.39 is 6.36 Å². The number of furan rings is 1. The SMILES string of the molecule is CC(C)c1cccc2c1oc1c(N(I)c3ccccc3OC(F)(F)F)cccc12. The lowest BCUT2D eigenvalue weighted by atomic mass is 10.0. The number of hydrogen-bond donors (Lipinski definition) is 0. The van der Waals surface area contributed by atoms with Gasteiger partial charge in [-0.2, -0.15) is 0 Å². The smallest absolute Gasteiger partial charge is 0.454 e. The van der Waals surface area contributed by atoms with Gasteiger partial charge in [-0.15, -0.1) is 13.2 Å². The number of hydrogen-bond acceptors (Lipinski definition) is 3. The largest absolute Gasteiger partial charge is 0.573 e. The molecule has 1 heterocycles. The minimum absolute atomic E-state index is 0.273. The van der Waals surface area contributed by atoms with E-state index in [4.69, 9.17) is 4.42 Å². The van der Waals surface area contributed by atoms with Crippen LogP contribution in [0.25, 0.3) is 21.9 Å². The Labute approximate surface area is 179 Å². The average molecular weight is 511 g/mol. The van der Waals surface area contributed by atoms with Crippen molar-refractivity contribution >= 4 is 56.2 Å². The van der Waals surface area contributed by atoms with Gasteiger partial charge in [-0.1, -0.05) is 56.3 Å². The first kappa shape index (κ1) is 19.9. The molecule has 0 aliphatic heterocycles. The molecule has 0 spiro atoms. The molecule has 4 aromatic rings. The normalized spacial score (nSPS) is 12.1. The van der Waals surface area contributed by atoms with Crippen molar-refractivity contribution in [3.63, 3.8) is 0 Å². The zero-order valence-electron chi connectivity index (χ0n) is 15.6. The van der Waals surface area contributed by atoms with E-state index in [9.17, 15) is 13.2 Å². The predicted molar refractivity (Wildman–Crippen MR) is 117 cm³/mol. The summed E-state index contributed by atoms with van der Waals surface area (Å²) in [6.45, 7) is 4.19. The quantitative estimate of drug-likeness (QED) is 0.205. The van der Waals surface area contributed by atoms with Gasteiger partial charge in [0, 0.05) is 10.8 Å². The van der Waals surface area contributed by atoms with E-state index in [1.54, 1.807) is 15.2 Å². The second kappa shape index (κ2) is 7.44. The molecule has 150 valence electrons. The standard InChI is InChI=1S/C22H17F3INO2/c1-13(2)14-7-5-8-15-16-9-6-11-18(21(16)28-20(14)15)27(26)17-10-3-4-12-19(17)29-22(23,24)25/h3-13H,1-2H3. The summed E-state index contributed by atoms with van der Waals surface area (Å²) in [6.07, 6.45) is -4.77. The number of nitrogens with zero attached hydrogens (tertiary/aromatic N) is 1. The summed E-state index contributed by atoms with van der Waals surface area (Å²) in [5, 5.41) is 1.90. The Morgan fingerprint density at radius 1 is 0.862 bits per heavy atom. The molecule has 3 nitrogen and oxygen atoms in total. The summed E-state index contributed by atoms with van der Waals surface area (Å²) in [5.74, 6) is 0.00436. The monoisotopic (exact) mass is 511 g/mol. The third-order valence-corrected chi connectivity index (χ3v) is 5.71. The lowest BCUT2D eigenvalue weighted by molar-refractivity contribution is -0.274. The number of ether oxygens (including phenoxy) is 1. The number of benzene rings is 3. The van der Waals surface area contributed by atoms with Crippen LogP contribution in [-0.2, 0) is 0 Å². The fraction of sp³-hybridized carbons (Fsp3) is 0.182. The molecule has 7 heteroatoms. The van der Waals surface area contributed by atoms with Gasteiger partial charge in [-0.25, -0.2) is 0 Å². The first-order valence-electron chi connectivity index (χ1n) is 9.01. The number of alkyl halides is 3. The Hall–Kier alpha value is -2.42. The highest BCUT2D eigenvalue weighted by molar-refractivity contribution is 14.1. The van der Waals surface area contributed by atoms with Crippen LogP contribution in [0.4, 0.5) is 24.5 Å². The molecule has 0 N–H and O–H groups in total. The third-order valence-electron chi connectivity index (χ3n) is 4.67. The fourth-order valence-corrected chi connectivity index (χ4v) is 4.17. The van der Waals surface area contributed by atoms with Crippen LogP contribution in [0, 0.1) is 0 Å². The Balaban J connectivity index is 1.89. The Morgan fingerprint density at radius 3 is 2.17 bits per heavy atom. The van der Waals surface area contributed by atoms with E-state index >= 15 is 0 Å². The second-order valence-corrected chi connectivity index (χ2v) is 7.90. The molecule has 0 radical (unpaired) electrons. The molecule has 0 saturated carbocycles. The van der Waals surface area contributed by atoms with Crippen molar-refractivity contribution in [2.45, 2.75) is 26.1 Å². The van der Waals surface area contributed by atoms with E-state index in [1.165, 1.54) is 12.1 Å². The predicted octanol–water partition coefficient (Wildman–Crippen LogP) is 8.10. The Morgan fingerprint density at radius 2 is 1.48 bits per heavy atom. The lowest BCUT2D eigenvalue weighted by Gasteiger charge is -2.21. The van der Waals surface area contributed by atoms with Crippen LogP contribution < -0.4 is 7.85 Å². The van der Waals surface area contributed by atoms with Crippen LogP contribution in [0.1, 0.15) is 25.3 Å². The van der Waals surface area contributed by atoms with Crippen molar-refractivity contribution in [2.24, 2.45) is 0 Å². The van der Waals surface area contributed by atoms with Crippen LogP contribution >= 0.6 is 22.9 Å². The molecule has 0 amide bonds. The van der Waals surface area contributed by atoms with Crippen LogP contribution in [0.15, 0.2) is 65.1 Å². The van der Waals surface area contributed by atoms with Gasteiger partial charge in [0.05, 0.1) is 34.2 Å². The minimum atomic E-state index is -4.77. The number of halogens is 4. The molecule has 0 atom stereocenters. The zero-order chi connectivity index (χ0) is 20.8. The summed E-state index contributed by atoms with van der Waals surface area (Å²) in [5.41, 5.74) is 3.43. The molecule has 0 saturated heterocycles. The molecule has 0 aliphatic rings. The molecule has 4 rings (SSSR count). The van der Waals surface area contributed by atoms with Crippen LogP contribution in [-0.4, -0.2) is 6.36 Å². The lowest BCUT2D eigenvalue weighted by Crippen LogP contribution is -2.18. The maximum Gasteiger partial charge on any atom is 0.573 e. The van der Waals surface area contributed by atoms with E-state index in [2.05, 4.69) is 18.6 Å². The second-order valence-electron chi connectivity index (χ2n) is 6.93. The molecule has 0 bridgehead atoms. The molecule has 0 aliphatic carbocycles. The summed E-state index contributed by atoms with van der Waals surface area (Å²) < 4.78 is 50.6. The van der Waals surface area contributed by atoms with Gasteiger partial charge in [-0.3, -0.25) is 3.11 Å². The van der Waals surface area contributed by atoms with Gasteiger partial charge in [-0.05, 0) is 29.7 Å². The van der Waals surface area contributed by atoms with Crippen molar-refractivity contribution in [2.75, 3.05) is 3.11 Å². The first-order valence-corrected chi connectivity index (χ1v) is 9.97. The number of para-hydroxylation sites is 4. The topological polar surface area (TPSA) is 25.6 Å². The number of anilines is 2. The highest BCUT2D eigenvalue weighted by Gasteiger charge is 2.33. The molecule has 0 unspecified atom stereocenters. The molecular weight excluding hydrogens is 494 g/mol. The van der Waals surface area contributed by atoms with E-state index in [0.29, 0.717) is 11.3 Å². The van der Waals surface area contributed by atoms with E-state index in [-0.39, 0.29) is 17.4 Å². The van der Waals surface area contributed by atoms with Crippen molar-refractivity contribution in [1.82, 2.24) is 0 Å². The van der Waals surface area contributed by atoms with Gasteiger partial charge in [0.2, 0.25) is 0 Å². The van der Waals surface area contributed by atoms with Gasteiger partial charge in [0.1, 0.15) is 5.58 Å². The zero-order valence-corrected chi connectivity index (χ0v) is 17.8. The van der Waals surface area contributed by atoms with Crippen LogP contribution in [0.2, 0.25) is 0 Å². The first-order chi connectivity index (χ1) is 13.8. The van der Waals surface area contributed by atoms with Gasteiger partial charge in [0.25, 0.3) is 0 Å². The van der Waals surface area contributed by atoms with Gasteiger partial charge < -0.3 is 9.15 Å². The minimum Gasteiger partial charge on any atom is -0.454 e. The summed E-state index contributed by atoms with van der Waals surface area (Å²) in [6, 6.07) is 17.7. The van der Waals surface area contributed by atoms with Crippen molar-refractivity contribution in [3.05, 3.63) is 66.2 Å². The molecule has 0 fully saturated rings. The number of rotatable bonds is 4. The fourth-order valence-electron chi connectivity index (χ4n) is 3.40. The van der Waals surface area contributed by atoms with Crippen molar-refractivity contribution < 1.29 is 22.3 Å². The van der Waals surface area contributed by atoms with Crippen LogP contribution in [0.5, 0.6) is 5.75 Å². The van der Waals surface area contributed by atoms with Crippen LogP contribution in [0.3, 0.4) is 0 Å². The van der Waals surface area contributed by atoms with Gasteiger partial charge >= 0.3 is 6.36 Å². The third kappa shape index (κ3) is 3.75. The molecule has 29 heavy (non-hydrogen) atoms. The maximum absolute atomic E-state index is 12.8. The van der Waals surface area contributed by atoms with Crippen molar-refractivity contribution in [1.29, 1.82) is 0 Å². The number of fused-ring (bicyclic) bond motifs is 3. The average Bonchev–Trinajstić information content (AvgIpc) is 3.05. The summed E-state index contributed by atoms with van der Waals surface area (Å²) in [7, 11) is 0. The van der Waals surface area contributed by atoms with E-state index in [1.807, 2.05) is 59.3 Å². The highest BCUT2D eigenvalue weighted by Crippen LogP contribution is 2.44. The van der Waals surface area contributed by atoms with E-state index in [0.717, 1.165) is 21.9 Å². The van der Waals surface area contributed by atoms with Crippen molar-refractivity contribution in [3.8, 4) is 5.75 Å².